The van der Waals surface area contributed by atoms with Crippen LogP contribution < -0.4 is 14.9 Å². The second kappa shape index (κ2) is 10.1. The minimum Gasteiger partial charge on any atom is -0.493 e. The molecule has 1 heterocycles. The minimum absolute atomic E-state index is 0.0554. The van der Waals surface area contributed by atoms with Gasteiger partial charge in [0.05, 0.1) is 22.7 Å². The number of pyridine rings is 1. The Labute approximate surface area is 198 Å². The van der Waals surface area contributed by atoms with E-state index in [-0.39, 0.29) is 11.5 Å². The molecule has 4 rings (SSSR count). The molecule has 0 aliphatic heterocycles. The van der Waals surface area contributed by atoms with Crippen LogP contribution in [0.5, 0.6) is 11.5 Å². The number of halogens is 1. The third kappa shape index (κ3) is 5.09. The number of ether oxygens (including phenoxy) is 2. The van der Waals surface area contributed by atoms with Crippen LogP contribution in [0.2, 0.25) is 0 Å². The highest BCUT2D eigenvalue weighted by molar-refractivity contribution is 9.10. The van der Waals surface area contributed by atoms with Crippen LogP contribution in [0.25, 0.3) is 10.8 Å². The molecule has 1 N–H and O–H groups in total. The maximum atomic E-state index is 11.1. The van der Waals surface area contributed by atoms with Crippen LogP contribution in [0.1, 0.15) is 11.1 Å². The quantitative estimate of drug-likeness (QED) is 0.180. The number of rotatable bonds is 8. The van der Waals surface area contributed by atoms with E-state index >= 15 is 0 Å². The summed E-state index contributed by atoms with van der Waals surface area (Å²) in [4.78, 5) is 14.5. The molecule has 0 unspecified atom stereocenters. The summed E-state index contributed by atoms with van der Waals surface area (Å²) in [6.45, 7) is 0.370. The molecular weight excluding hydrogens is 488 g/mol. The number of nitrogens with one attached hydrogen (secondary N) is 1. The van der Waals surface area contributed by atoms with Crippen molar-refractivity contribution >= 4 is 44.4 Å². The van der Waals surface area contributed by atoms with Gasteiger partial charge in [-0.1, -0.05) is 42.5 Å². The standard InChI is InChI=1S/C24H19BrN4O4/c1-32-22-13-16(14-27-28-24-21(29(30)31)10-5-11-26-24)12-20(25)23(22)33-15-18-8-4-7-17-6-2-3-9-19(17)18/h2-14H,15H2,1H3,(H,26,28)/b27-14+. The number of anilines is 1. The van der Waals surface area contributed by atoms with Crippen LogP contribution in [0.4, 0.5) is 11.5 Å². The highest BCUT2D eigenvalue weighted by atomic mass is 79.9. The molecule has 0 atom stereocenters. The number of hydrogen-bond donors (Lipinski definition) is 1. The van der Waals surface area contributed by atoms with Crippen LogP contribution in [0.15, 0.2) is 82.5 Å². The molecule has 4 aromatic rings. The number of nitrogens with zero attached hydrogens (tertiary/aromatic N) is 3. The van der Waals surface area contributed by atoms with Crippen molar-refractivity contribution in [2.24, 2.45) is 5.10 Å². The van der Waals surface area contributed by atoms with E-state index in [9.17, 15) is 10.1 Å². The third-order valence-electron chi connectivity index (χ3n) is 4.87. The predicted molar refractivity (Wildman–Crippen MR) is 131 cm³/mol. The molecule has 0 fully saturated rings. The van der Waals surface area contributed by atoms with Crippen LogP contribution in [-0.4, -0.2) is 23.2 Å². The SMILES string of the molecule is COc1cc(/C=N/Nc2ncccc2[N+](=O)[O-])cc(Br)c1OCc1cccc2ccccc12. The average molecular weight is 507 g/mol. The molecule has 0 saturated carbocycles. The van der Waals surface area contributed by atoms with Crippen molar-refractivity contribution in [1.82, 2.24) is 4.98 Å². The summed E-state index contributed by atoms with van der Waals surface area (Å²) in [5.41, 5.74) is 4.21. The Kier molecular flexibility index (Phi) is 6.80. The highest BCUT2D eigenvalue weighted by Crippen LogP contribution is 2.37. The zero-order valence-corrected chi connectivity index (χ0v) is 19.2. The van der Waals surface area contributed by atoms with Gasteiger partial charge in [0.1, 0.15) is 6.61 Å². The fourth-order valence-corrected chi connectivity index (χ4v) is 3.90. The maximum absolute atomic E-state index is 11.1. The number of nitro groups is 1. The molecule has 3 aromatic carbocycles. The molecule has 0 amide bonds. The van der Waals surface area contributed by atoms with Gasteiger partial charge in [-0.3, -0.25) is 15.5 Å². The van der Waals surface area contributed by atoms with Crippen LogP contribution in [-0.2, 0) is 6.61 Å². The van der Waals surface area contributed by atoms with E-state index in [1.54, 1.807) is 13.2 Å². The fourth-order valence-electron chi connectivity index (χ4n) is 3.32. The number of aromatic nitrogens is 1. The van der Waals surface area contributed by atoms with E-state index < -0.39 is 4.92 Å². The van der Waals surface area contributed by atoms with Crippen molar-refractivity contribution in [1.29, 1.82) is 0 Å². The van der Waals surface area contributed by atoms with E-state index in [4.69, 9.17) is 9.47 Å². The van der Waals surface area contributed by atoms with E-state index in [0.717, 1.165) is 16.3 Å². The molecular formula is C24H19BrN4O4. The molecule has 0 radical (unpaired) electrons. The van der Waals surface area contributed by atoms with Crippen LogP contribution >= 0.6 is 15.9 Å². The first-order valence-corrected chi connectivity index (χ1v) is 10.7. The van der Waals surface area contributed by atoms with Gasteiger partial charge in [-0.15, -0.1) is 0 Å². The number of fused-ring (bicyclic) bond motifs is 1. The van der Waals surface area contributed by atoms with Crippen LogP contribution in [0, 0.1) is 10.1 Å². The van der Waals surface area contributed by atoms with Crippen molar-refractivity contribution < 1.29 is 14.4 Å². The first-order chi connectivity index (χ1) is 16.1. The smallest absolute Gasteiger partial charge is 0.313 e. The molecule has 0 saturated heterocycles. The fraction of sp³-hybridized carbons (Fsp3) is 0.0833. The Bertz CT molecular complexity index is 1340. The maximum Gasteiger partial charge on any atom is 0.313 e. The first kappa shape index (κ1) is 22.2. The lowest BCUT2D eigenvalue weighted by Crippen LogP contribution is -2.01. The van der Waals surface area contributed by atoms with Gasteiger partial charge in [0.2, 0.25) is 5.82 Å². The van der Waals surface area contributed by atoms with E-state index in [1.165, 1.54) is 24.5 Å². The largest absolute Gasteiger partial charge is 0.493 e. The van der Waals surface area contributed by atoms with Gasteiger partial charge < -0.3 is 9.47 Å². The van der Waals surface area contributed by atoms with Gasteiger partial charge in [-0.25, -0.2) is 4.98 Å². The van der Waals surface area contributed by atoms with Crippen molar-refractivity contribution in [2.45, 2.75) is 6.61 Å². The summed E-state index contributed by atoms with van der Waals surface area (Å²) >= 11 is 3.54. The second-order valence-corrected chi connectivity index (χ2v) is 7.81. The Morgan fingerprint density at radius 2 is 1.97 bits per heavy atom. The Morgan fingerprint density at radius 3 is 2.79 bits per heavy atom. The van der Waals surface area contributed by atoms with Gasteiger partial charge in [0.15, 0.2) is 11.5 Å². The normalized spacial score (nSPS) is 11.0. The first-order valence-electron chi connectivity index (χ1n) is 9.92. The third-order valence-corrected chi connectivity index (χ3v) is 5.46. The monoisotopic (exact) mass is 506 g/mol. The Hall–Kier alpha value is -3.98. The van der Waals surface area contributed by atoms with Gasteiger partial charge in [0, 0.05) is 12.3 Å². The molecule has 166 valence electrons. The lowest BCUT2D eigenvalue weighted by atomic mass is 10.1. The van der Waals surface area contributed by atoms with Crippen molar-refractivity contribution in [2.75, 3.05) is 12.5 Å². The average Bonchev–Trinajstić information content (AvgIpc) is 2.83. The number of hydrazone groups is 1. The molecule has 0 spiro atoms. The number of hydrogen-bond acceptors (Lipinski definition) is 7. The van der Waals surface area contributed by atoms with Crippen LogP contribution in [0.3, 0.4) is 0 Å². The predicted octanol–water partition coefficient (Wildman–Crippen LogP) is 5.94. The van der Waals surface area contributed by atoms with Gasteiger partial charge in [-0.2, -0.15) is 5.10 Å². The zero-order valence-electron chi connectivity index (χ0n) is 17.6. The molecule has 1 aromatic heterocycles. The Morgan fingerprint density at radius 1 is 1.15 bits per heavy atom. The lowest BCUT2D eigenvalue weighted by molar-refractivity contribution is -0.384. The van der Waals surface area contributed by atoms with Gasteiger partial charge in [0.25, 0.3) is 0 Å². The molecule has 0 bridgehead atoms. The summed E-state index contributed by atoms with van der Waals surface area (Å²) in [5, 5.41) is 17.4. The summed E-state index contributed by atoms with van der Waals surface area (Å²) < 4.78 is 12.3. The second-order valence-electron chi connectivity index (χ2n) is 6.96. The molecule has 33 heavy (non-hydrogen) atoms. The Balaban J connectivity index is 1.52. The van der Waals surface area contributed by atoms with E-state index in [0.29, 0.717) is 28.1 Å². The van der Waals surface area contributed by atoms with Crippen molar-refractivity contribution in [3.05, 3.63) is 98.6 Å². The molecule has 9 heteroatoms. The summed E-state index contributed by atoms with van der Waals surface area (Å²) in [7, 11) is 1.56. The number of benzene rings is 3. The summed E-state index contributed by atoms with van der Waals surface area (Å²) in [6.07, 6.45) is 2.96. The van der Waals surface area contributed by atoms with Gasteiger partial charge in [-0.05, 0) is 56.0 Å². The molecule has 0 aliphatic rings. The topological polar surface area (TPSA) is 98.9 Å². The van der Waals surface area contributed by atoms with E-state index in [2.05, 4.69) is 49.6 Å². The molecule has 0 aliphatic carbocycles. The number of methoxy groups -OCH3 is 1. The van der Waals surface area contributed by atoms with E-state index in [1.807, 2.05) is 30.3 Å². The highest BCUT2D eigenvalue weighted by Gasteiger charge is 2.14. The van der Waals surface area contributed by atoms with Crippen molar-refractivity contribution in [3.63, 3.8) is 0 Å². The zero-order chi connectivity index (χ0) is 23.2. The summed E-state index contributed by atoms with van der Waals surface area (Å²) in [5.74, 6) is 1.14. The lowest BCUT2D eigenvalue weighted by Gasteiger charge is -2.14. The van der Waals surface area contributed by atoms with Crippen molar-refractivity contribution in [3.8, 4) is 11.5 Å². The van der Waals surface area contributed by atoms with Gasteiger partial charge >= 0.3 is 5.69 Å². The molecule has 8 nitrogen and oxygen atoms in total. The minimum atomic E-state index is -0.521. The summed E-state index contributed by atoms with van der Waals surface area (Å²) in [6, 6.07) is 20.7.